The number of thiazole rings is 2. The first-order chi connectivity index (χ1) is 7.38. The molecular formula is C12H16N2S2. The van der Waals surface area contributed by atoms with Crippen LogP contribution in [-0.2, 0) is 5.41 Å². The van der Waals surface area contributed by atoms with Crippen LogP contribution in [0.25, 0.3) is 10.0 Å². The molecule has 86 valence electrons. The van der Waals surface area contributed by atoms with Crippen molar-refractivity contribution in [3.05, 3.63) is 21.6 Å². The van der Waals surface area contributed by atoms with Crippen molar-refractivity contribution in [2.45, 2.75) is 40.0 Å². The summed E-state index contributed by atoms with van der Waals surface area (Å²) in [6, 6.07) is 0. The van der Waals surface area contributed by atoms with Gasteiger partial charge in [0.15, 0.2) is 10.0 Å². The van der Waals surface area contributed by atoms with Gasteiger partial charge in [-0.3, -0.25) is 0 Å². The maximum Gasteiger partial charge on any atom is 0.152 e. The summed E-state index contributed by atoms with van der Waals surface area (Å²) < 4.78 is 0. The summed E-state index contributed by atoms with van der Waals surface area (Å²) in [4.78, 5) is 11.6. The van der Waals surface area contributed by atoms with E-state index in [1.54, 1.807) is 22.7 Å². The van der Waals surface area contributed by atoms with E-state index in [2.05, 4.69) is 44.6 Å². The lowest BCUT2D eigenvalue weighted by molar-refractivity contribution is 0.598. The van der Waals surface area contributed by atoms with Crippen molar-refractivity contribution in [1.82, 2.24) is 9.97 Å². The standard InChI is InChI=1S/C12H16N2S2/c1-7-6-13-10(15-7)11-14-8(2)9(16-11)12(3,4)5/h6H,1-5H3. The predicted octanol–water partition coefficient (Wildman–Crippen LogP) is 4.18. The number of aromatic nitrogens is 2. The van der Waals surface area contributed by atoms with E-state index in [0.29, 0.717) is 0 Å². The molecule has 0 radical (unpaired) electrons. The topological polar surface area (TPSA) is 25.8 Å². The molecule has 0 aliphatic carbocycles. The van der Waals surface area contributed by atoms with Crippen molar-refractivity contribution in [1.29, 1.82) is 0 Å². The lowest BCUT2D eigenvalue weighted by Gasteiger charge is -2.16. The molecule has 0 aliphatic rings. The summed E-state index contributed by atoms with van der Waals surface area (Å²) in [6.07, 6.45) is 1.91. The maximum absolute atomic E-state index is 4.63. The largest absolute Gasteiger partial charge is 0.242 e. The Morgan fingerprint density at radius 3 is 2.19 bits per heavy atom. The van der Waals surface area contributed by atoms with E-state index in [0.717, 1.165) is 15.7 Å². The third-order valence-corrected chi connectivity index (χ3v) is 4.92. The summed E-state index contributed by atoms with van der Waals surface area (Å²) in [5.41, 5.74) is 1.31. The Hall–Kier alpha value is -0.740. The summed E-state index contributed by atoms with van der Waals surface area (Å²) in [5.74, 6) is 0. The Morgan fingerprint density at radius 1 is 1.06 bits per heavy atom. The van der Waals surface area contributed by atoms with Crippen LogP contribution in [-0.4, -0.2) is 9.97 Å². The van der Waals surface area contributed by atoms with Crippen molar-refractivity contribution in [2.24, 2.45) is 0 Å². The highest BCUT2D eigenvalue weighted by Gasteiger charge is 2.22. The highest BCUT2D eigenvalue weighted by molar-refractivity contribution is 7.21. The number of hydrogen-bond donors (Lipinski definition) is 0. The molecule has 0 saturated heterocycles. The summed E-state index contributed by atoms with van der Waals surface area (Å²) >= 11 is 3.48. The van der Waals surface area contributed by atoms with Crippen LogP contribution >= 0.6 is 22.7 Å². The molecule has 2 aromatic rings. The van der Waals surface area contributed by atoms with Gasteiger partial charge in [-0.25, -0.2) is 9.97 Å². The average Bonchev–Trinajstić information content (AvgIpc) is 2.70. The Balaban J connectivity index is 2.46. The minimum absolute atomic E-state index is 0.173. The first-order valence-corrected chi connectivity index (χ1v) is 6.92. The van der Waals surface area contributed by atoms with Crippen molar-refractivity contribution in [3.63, 3.8) is 0 Å². The van der Waals surface area contributed by atoms with E-state index in [4.69, 9.17) is 0 Å². The van der Waals surface area contributed by atoms with Crippen LogP contribution in [0.4, 0.5) is 0 Å². The van der Waals surface area contributed by atoms with Gasteiger partial charge >= 0.3 is 0 Å². The van der Waals surface area contributed by atoms with Gasteiger partial charge in [-0.2, -0.15) is 0 Å². The predicted molar refractivity (Wildman–Crippen MR) is 71.4 cm³/mol. The molecule has 2 aromatic heterocycles. The fourth-order valence-electron chi connectivity index (χ4n) is 1.64. The molecule has 0 N–H and O–H groups in total. The van der Waals surface area contributed by atoms with E-state index in [9.17, 15) is 0 Å². The number of rotatable bonds is 1. The van der Waals surface area contributed by atoms with Crippen molar-refractivity contribution in [2.75, 3.05) is 0 Å². The van der Waals surface area contributed by atoms with Crippen molar-refractivity contribution >= 4 is 22.7 Å². The smallest absolute Gasteiger partial charge is 0.152 e. The van der Waals surface area contributed by atoms with E-state index >= 15 is 0 Å². The molecule has 0 spiro atoms. The minimum atomic E-state index is 0.173. The second-order valence-corrected chi connectivity index (χ2v) is 7.19. The molecule has 0 aliphatic heterocycles. The first kappa shape index (κ1) is 11.7. The summed E-state index contributed by atoms with van der Waals surface area (Å²) in [6.45, 7) is 10.8. The zero-order valence-electron chi connectivity index (χ0n) is 10.3. The van der Waals surface area contributed by atoms with E-state index < -0.39 is 0 Å². The van der Waals surface area contributed by atoms with Gasteiger partial charge in [-0.05, 0) is 19.3 Å². The van der Waals surface area contributed by atoms with Crippen molar-refractivity contribution in [3.8, 4) is 10.0 Å². The van der Waals surface area contributed by atoms with Crippen LogP contribution in [0.5, 0.6) is 0 Å². The van der Waals surface area contributed by atoms with Crippen LogP contribution in [0.1, 0.15) is 36.2 Å². The number of nitrogens with zero attached hydrogens (tertiary/aromatic N) is 2. The Kier molecular flexibility index (Phi) is 2.88. The fraction of sp³-hybridized carbons (Fsp3) is 0.500. The second kappa shape index (κ2) is 3.93. The molecule has 0 amide bonds. The first-order valence-electron chi connectivity index (χ1n) is 5.28. The average molecular weight is 252 g/mol. The van der Waals surface area contributed by atoms with Crippen LogP contribution in [0.2, 0.25) is 0 Å². The van der Waals surface area contributed by atoms with Crippen molar-refractivity contribution < 1.29 is 0 Å². The van der Waals surface area contributed by atoms with Crippen LogP contribution < -0.4 is 0 Å². The molecule has 0 bridgehead atoms. The van der Waals surface area contributed by atoms with Crippen LogP contribution in [0.15, 0.2) is 6.20 Å². The van der Waals surface area contributed by atoms with Gasteiger partial charge in [0.2, 0.25) is 0 Å². The van der Waals surface area contributed by atoms with Gasteiger partial charge in [0.05, 0.1) is 5.69 Å². The lowest BCUT2D eigenvalue weighted by Crippen LogP contribution is -2.10. The van der Waals surface area contributed by atoms with Gasteiger partial charge in [-0.15, -0.1) is 22.7 Å². The summed E-state index contributed by atoms with van der Waals surface area (Å²) in [5, 5.41) is 2.10. The highest BCUT2D eigenvalue weighted by atomic mass is 32.1. The molecule has 0 saturated carbocycles. The van der Waals surface area contributed by atoms with Gasteiger partial charge in [0.25, 0.3) is 0 Å². The second-order valence-electron chi connectivity index (χ2n) is 4.96. The normalized spacial score (nSPS) is 12.1. The molecule has 2 rings (SSSR count). The van der Waals surface area contributed by atoms with E-state index in [-0.39, 0.29) is 5.41 Å². The molecule has 0 unspecified atom stereocenters. The molecule has 0 fully saturated rings. The molecule has 4 heteroatoms. The van der Waals surface area contributed by atoms with Gasteiger partial charge in [-0.1, -0.05) is 20.8 Å². The molecular weight excluding hydrogens is 236 g/mol. The zero-order chi connectivity index (χ0) is 11.9. The van der Waals surface area contributed by atoms with Gasteiger partial charge < -0.3 is 0 Å². The molecule has 2 heterocycles. The minimum Gasteiger partial charge on any atom is -0.242 e. The van der Waals surface area contributed by atoms with E-state index in [1.165, 1.54) is 9.75 Å². The maximum atomic E-state index is 4.63. The van der Waals surface area contributed by atoms with Gasteiger partial charge in [0.1, 0.15) is 0 Å². The van der Waals surface area contributed by atoms with E-state index in [1.807, 2.05) is 6.20 Å². The zero-order valence-corrected chi connectivity index (χ0v) is 11.9. The SMILES string of the molecule is Cc1cnc(-c2nc(C)c(C(C)(C)C)s2)s1. The quantitative estimate of drug-likeness (QED) is 0.761. The third kappa shape index (κ3) is 2.18. The number of aryl methyl sites for hydroxylation is 2. The Morgan fingerprint density at radius 2 is 1.75 bits per heavy atom. The lowest BCUT2D eigenvalue weighted by atomic mass is 9.94. The molecule has 0 aromatic carbocycles. The molecule has 0 atom stereocenters. The monoisotopic (exact) mass is 252 g/mol. The Labute approximate surface area is 104 Å². The Bertz CT molecular complexity index is 503. The number of hydrogen-bond acceptors (Lipinski definition) is 4. The molecule has 2 nitrogen and oxygen atoms in total. The third-order valence-electron chi connectivity index (χ3n) is 2.28. The van der Waals surface area contributed by atoms with Gasteiger partial charge in [0, 0.05) is 16.0 Å². The fourth-order valence-corrected chi connectivity index (χ4v) is 3.55. The summed E-state index contributed by atoms with van der Waals surface area (Å²) in [7, 11) is 0. The molecule has 16 heavy (non-hydrogen) atoms. The van der Waals surface area contributed by atoms with Crippen LogP contribution in [0.3, 0.4) is 0 Å². The van der Waals surface area contributed by atoms with Crippen LogP contribution in [0, 0.1) is 13.8 Å². The highest BCUT2D eigenvalue weighted by Crippen LogP contribution is 2.36.